The molecule has 0 saturated carbocycles. The van der Waals surface area contributed by atoms with E-state index in [-0.39, 0.29) is 0 Å². The summed E-state index contributed by atoms with van der Waals surface area (Å²) in [6.07, 6.45) is 3.53. The Kier molecular flexibility index (Phi) is 3.44. The summed E-state index contributed by atoms with van der Waals surface area (Å²) < 4.78 is 7.72. The van der Waals surface area contributed by atoms with E-state index < -0.39 is 5.97 Å². The summed E-state index contributed by atoms with van der Waals surface area (Å²) >= 11 is 0. The van der Waals surface area contributed by atoms with Crippen LogP contribution in [0.25, 0.3) is 11.0 Å². The molecular formula is C15H18N2O3. The van der Waals surface area contributed by atoms with E-state index in [9.17, 15) is 4.79 Å². The first-order valence-corrected chi connectivity index (χ1v) is 6.97. The Hall–Kier alpha value is -1.88. The molecule has 1 unspecified atom stereocenters. The Morgan fingerprint density at radius 3 is 3.10 bits per heavy atom. The SMILES string of the molecule is Cc1nc2ccc(C(=O)O)cc2n1CCC1CCCO1. The third-order valence-corrected chi connectivity index (χ3v) is 3.88. The number of carboxylic acids is 1. The van der Waals surface area contributed by atoms with Crippen molar-refractivity contribution in [2.75, 3.05) is 6.61 Å². The number of ether oxygens (including phenoxy) is 1. The molecular weight excluding hydrogens is 256 g/mol. The lowest BCUT2D eigenvalue weighted by atomic mass is 10.1. The number of aryl methyl sites for hydroxylation is 2. The highest BCUT2D eigenvalue weighted by molar-refractivity contribution is 5.92. The molecule has 2 heterocycles. The Labute approximate surface area is 117 Å². The van der Waals surface area contributed by atoms with Gasteiger partial charge in [0.1, 0.15) is 5.82 Å². The van der Waals surface area contributed by atoms with E-state index in [4.69, 9.17) is 9.84 Å². The summed E-state index contributed by atoms with van der Waals surface area (Å²) in [5.74, 6) is 0.0111. The third kappa shape index (κ3) is 2.41. The molecule has 1 aromatic heterocycles. The van der Waals surface area contributed by atoms with Crippen molar-refractivity contribution in [2.45, 2.75) is 38.8 Å². The monoisotopic (exact) mass is 274 g/mol. The van der Waals surface area contributed by atoms with Gasteiger partial charge < -0.3 is 14.4 Å². The number of benzene rings is 1. The molecule has 0 bridgehead atoms. The van der Waals surface area contributed by atoms with Crippen molar-refractivity contribution in [1.29, 1.82) is 0 Å². The lowest BCUT2D eigenvalue weighted by Gasteiger charge is -2.11. The van der Waals surface area contributed by atoms with Crippen molar-refractivity contribution in [3.63, 3.8) is 0 Å². The number of carbonyl (C=O) groups is 1. The summed E-state index contributed by atoms with van der Waals surface area (Å²) in [7, 11) is 0. The summed E-state index contributed by atoms with van der Waals surface area (Å²) in [5, 5.41) is 9.09. The maximum absolute atomic E-state index is 11.1. The van der Waals surface area contributed by atoms with Crippen LogP contribution in [0, 0.1) is 6.92 Å². The van der Waals surface area contributed by atoms with Crippen LogP contribution in [0.5, 0.6) is 0 Å². The Balaban J connectivity index is 1.89. The molecule has 1 fully saturated rings. The zero-order chi connectivity index (χ0) is 14.1. The second kappa shape index (κ2) is 5.25. The van der Waals surface area contributed by atoms with Crippen molar-refractivity contribution in [1.82, 2.24) is 9.55 Å². The molecule has 3 rings (SSSR count). The predicted molar refractivity (Wildman–Crippen MR) is 75.0 cm³/mol. The number of fused-ring (bicyclic) bond motifs is 1. The lowest BCUT2D eigenvalue weighted by Crippen LogP contribution is -2.11. The van der Waals surface area contributed by atoms with Crippen LogP contribution in [0.1, 0.15) is 35.4 Å². The normalized spacial score (nSPS) is 18.8. The Morgan fingerprint density at radius 1 is 1.55 bits per heavy atom. The minimum atomic E-state index is -0.906. The number of aromatic nitrogens is 2. The molecule has 0 amide bonds. The van der Waals surface area contributed by atoms with Crippen LogP contribution < -0.4 is 0 Å². The van der Waals surface area contributed by atoms with Crippen LogP contribution in [0.2, 0.25) is 0 Å². The molecule has 106 valence electrons. The van der Waals surface area contributed by atoms with E-state index in [0.29, 0.717) is 11.7 Å². The molecule has 1 aromatic carbocycles. The number of hydrogen-bond acceptors (Lipinski definition) is 3. The van der Waals surface area contributed by atoms with Gasteiger partial charge in [-0.2, -0.15) is 0 Å². The zero-order valence-electron chi connectivity index (χ0n) is 11.5. The standard InChI is InChI=1S/C15H18N2O3/c1-10-16-13-5-4-11(15(18)19)9-14(13)17(10)7-6-12-3-2-8-20-12/h4-5,9,12H,2-3,6-8H2,1H3,(H,18,19). The van der Waals surface area contributed by atoms with Crippen molar-refractivity contribution >= 4 is 17.0 Å². The maximum atomic E-state index is 11.1. The van der Waals surface area contributed by atoms with Gasteiger partial charge in [0.15, 0.2) is 0 Å². The smallest absolute Gasteiger partial charge is 0.335 e. The molecule has 5 nitrogen and oxygen atoms in total. The van der Waals surface area contributed by atoms with Gasteiger partial charge in [0.2, 0.25) is 0 Å². The highest BCUT2D eigenvalue weighted by Crippen LogP contribution is 2.21. The van der Waals surface area contributed by atoms with E-state index in [2.05, 4.69) is 9.55 Å². The third-order valence-electron chi connectivity index (χ3n) is 3.88. The molecule has 1 saturated heterocycles. The van der Waals surface area contributed by atoms with Crippen molar-refractivity contribution < 1.29 is 14.6 Å². The minimum Gasteiger partial charge on any atom is -0.478 e. The molecule has 1 atom stereocenters. The van der Waals surface area contributed by atoms with E-state index >= 15 is 0 Å². The van der Waals surface area contributed by atoms with Crippen LogP contribution in [0.4, 0.5) is 0 Å². The fourth-order valence-electron chi connectivity index (χ4n) is 2.80. The van der Waals surface area contributed by atoms with Gasteiger partial charge in [0.05, 0.1) is 22.7 Å². The van der Waals surface area contributed by atoms with Crippen molar-refractivity contribution in [3.05, 3.63) is 29.6 Å². The highest BCUT2D eigenvalue weighted by Gasteiger charge is 2.17. The maximum Gasteiger partial charge on any atom is 0.335 e. The van der Waals surface area contributed by atoms with Crippen LogP contribution in [0.15, 0.2) is 18.2 Å². The molecule has 0 radical (unpaired) electrons. The second-order valence-corrected chi connectivity index (χ2v) is 5.24. The number of aromatic carboxylic acids is 1. The summed E-state index contributed by atoms with van der Waals surface area (Å²) in [6.45, 7) is 3.63. The largest absolute Gasteiger partial charge is 0.478 e. The first-order valence-electron chi connectivity index (χ1n) is 6.97. The average Bonchev–Trinajstić information content (AvgIpc) is 3.02. The first kappa shape index (κ1) is 13.1. The van der Waals surface area contributed by atoms with Crippen LogP contribution in [-0.2, 0) is 11.3 Å². The van der Waals surface area contributed by atoms with E-state index in [1.54, 1.807) is 18.2 Å². The molecule has 1 N–H and O–H groups in total. The molecule has 0 spiro atoms. The average molecular weight is 274 g/mol. The van der Waals surface area contributed by atoms with Gasteiger partial charge in [-0.05, 0) is 44.4 Å². The predicted octanol–water partition coefficient (Wildman–Crippen LogP) is 2.61. The molecule has 1 aliphatic rings. The summed E-state index contributed by atoms with van der Waals surface area (Å²) in [6, 6.07) is 5.07. The summed E-state index contributed by atoms with van der Waals surface area (Å²) in [4.78, 5) is 15.6. The number of hydrogen-bond donors (Lipinski definition) is 1. The molecule has 5 heteroatoms. The van der Waals surface area contributed by atoms with Crippen LogP contribution >= 0.6 is 0 Å². The van der Waals surface area contributed by atoms with Crippen molar-refractivity contribution in [2.24, 2.45) is 0 Å². The van der Waals surface area contributed by atoms with Gasteiger partial charge >= 0.3 is 5.97 Å². The fraction of sp³-hybridized carbons (Fsp3) is 0.467. The number of imidazole rings is 1. The molecule has 20 heavy (non-hydrogen) atoms. The number of rotatable bonds is 4. The first-order chi connectivity index (χ1) is 9.65. The molecule has 0 aliphatic carbocycles. The lowest BCUT2D eigenvalue weighted by molar-refractivity contribution is 0.0697. The van der Waals surface area contributed by atoms with E-state index in [1.807, 2.05) is 6.92 Å². The van der Waals surface area contributed by atoms with Crippen LogP contribution in [0.3, 0.4) is 0 Å². The van der Waals surface area contributed by atoms with E-state index in [0.717, 1.165) is 49.3 Å². The van der Waals surface area contributed by atoms with Gasteiger partial charge in [-0.1, -0.05) is 0 Å². The number of carboxylic acid groups (broad SMARTS) is 1. The van der Waals surface area contributed by atoms with Gasteiger partial charge in [-0.15, -0.1) is 0 Å². The zero-order valence-corrected chi connectivity index (χ0v) is 11.5. The Bertz CT molecular complexity index is 642. The van der Waals surface area contributed by atoms with Gasteiger partial charge in [-0.25, -0.2) is 9.78 Å². The van der Waals surface area contributed by atoms with Gasteiger partial charge in [0, 0.05) is 13.2 Å². The fourth-order valence-corrected chi connectivity index (χ4v) is 2.80. The summed E-state index contributed by atoms with van der Waals surface area (Å²) in [5.41, 5.74) is 2.04. The topological polar surface area (TPSA) is 64.3 Å². The highest BCUT2D eigenvalue weighted by atomic mass is 16.5. The second-order valence-electron chi connectivity index (χ2n) is 5.24. The molecule has 1 aliphatic heterocycles. The van der Waals surface area contributed by atoms with Crippen molar-refractivity contribution in [3.8, 4) is 0 Å². The number of nitrogens with zero attached hydrogens (tertiary/aromatic N) is 2. The minimum absolute atomic E-state index is 0.302. The molecule has 2 aromatic rings. The van der Waals surface area contributed by atoms with E-state index in [1.165, 1.54) is 0 Å². The quantitative estimate of drug-likeness (QED) is 0.930. The Morgan fingerprint density at radius 2 is 2.40 bits per heavy atom. The van der Waals surface area contributed by atoms with Crippen LogP contribution in [-0.4, -0.2) is 33.3 Å². The van der Waals surface area contributed by atoms with Gasteiger partial charge in [-0.3, -0.25) is 0 Å². The van der Waals surface area contributed by atoms with Gasteiger partial charge in [0.25, 0.3) is 0 Å².